The molecule has 2 aliphatic heterocycles. The molecule has 112 valence electrons. The Morgan fingerprint density at radius 3 is 2.21 bits per heavy atom. The minimum absolute atomic E-state index is 0.408. The molecule has 0 aromatic rings. The lowest BCUT2D eigenvalue weighted by Crippen LogP contribution is -2.49. The lowest BCUT2D eigenvalue weighted by Gasteiger charge is -2.36. The van der Waals surface area contributed by atoms with Crippen molar-refractivity contribution in [3.8, 4) is 0 Å². The summed E-state index contributed by atoms with van der Waals surface area (Å²) in [5.74, 6) is 0.736. The van der Waals surface area contributed by atoms with Gasteiger partial charge in [-0.05, 0) is 58.5 Å². The second kappa shape index (κ2) is 7.05. The van der Waals surface area contributed by atoms with Crippen LogP contribution in [0, 0.1) is 5.92 Å². The smallest absolute Gasteiger partial charge is 0.0565 e. The molecule has 2 heterocycles. The molecule has 0 aliphatic carbocycles. The molecule has 0 amide bonds. The number of rotatable bonds is 5. The standard InChI is InChI=1S/C16H32N2O/c1-12(2)16(18-7-5-6-8-18)11-17-15-9-13(3)19-14(4)10-15/h12-17H,5-11H2,1-4H3. The van der Waals surface area contributed by atoms with Crippen molar-refractivity contribution >= 4 is 0 Å². The third-order valence-corrected chi connectivity index (χ3v) is 4.69. The van der Waals surface area contributed by atoms with Gasteiger partial charge in [0.1, 0.15) is 0 Å². The topological polar surface area (TPSA) is 24.5 Å². The van der Waals surface area contributed by atoms with E-state index in [4.69, 9.17) is 4.74 Å². The van der Waals surface area contributed by atoms with E-state index in [2.05, 4.69) is 37.9 Å². The average molecular weight is 268 g/mol. The highest BCUT2D eigenvalue weighted by Crippen LogP contribution is 2.21. The second-order valence-corrected chi connectivity index (χ2v) is 6.89. The van der Waals surface area contributed by atoms with E-state index in [0.717, 1.165) is 25.3 Å². The first kappa shape index (κ1) is 15.3. The summed E-state index contributed by atoms with van der Waals surface area (Å²) in [5.41, 5.74) is 0. The Bertz CT molecular complexity index is 253. The fraction of sp³-hybridized carbons (Fsp3) is 1.00. The van der Waals surface area contributed by atoms with Crippen molar-refractivity contribution < 1.29 is 4.74 Å². The van der Waals surface area contributed by atoms with Gasteiger partial charge in [-0.3, -0.25) is 4.90 Å². The number of ether oxygens (including phenoxy) is 1. The predicted molar refractivity (Wildman–Crippen MR) is 80.5 cm³/mol. The van der Waals surface area contributed by atoms with Gasteiger partial charge in [-0.25, -0.2) is 0 Å². The van der Waals surface area contributed by atoms with Crippen molar-refractivity contribution in [2.45, 2.75) is 77.7 Å². The molecule has 0 bridgehead atoms. The first-order valence-electron chi connectivity index (χ1n) is 8.19. The van der Waals surface area contributed by atoms with Gasteiger partial charge in [0.15, 0.2) is 0 Å². The molecule has 3 unspecified atom stereocenters. The van der Waals surface area contributed by atoms with Crippen LogP contribution in [0.5, 0.6) is 0 Å². The predicted octanol–water partition coefficient (Wildman–Crippen LogP) is 2.65. The molecule has 0 radical (unpaired) electrons. The minimum Gasteiger partial charge on any atom is -0.375 e. The fourth-order valence-electron chi connectivity index (χ4n) is 3.72. The number of hydrogen-bond acceptors (Lipinski definition) is 3. The summed E-state index contributed by atoms with van der Waals surface area (Å²) in [4.78, 5) is 2.68. The van der Waals surface area contributed by atoms with Crippen LogP contribution in [0.4, 0.5) is 0 Å². The van der Waals surface area contributed by atoms with Gasteiger partial charge in [0.05, 0.1) is 12.2 Å². The van der Waals surface area contributed by atoms with Crippen LogP contribution in [-0.2, 0) is 4.74 Å². The quantitative estimate of drug-likeness (QED) is 0.829. The highest BCUT2D eigenvalue weighted by molar-refractivity contribution is 4.84. The Morgan fingerprint density at radius 1 is 1.11 bits per heavy atom. The molecular weight excluding hydrogens is 236 g/mol. The van der Waals surface area contributed by atoms with Gasteiger partial charge in [0, 0.05) is 18.6 Å². The first-order chi connectivity index (χ1) is 9.06. The zero-order valence-corrected chi connectivity index (χ0v) is 13.2. The molecule has 2 rings (SSSR count). The molecule has 0 saturated carbocycles. The summed E-state index contributed by atoms with van der Waals surface area (Å²) in [7, 11) is 0. The van der Waals surface area contributed by atoms with Gasteiger partial charge in [-0.2, -0.15) is 0 Å². The zero-order chi connectivity index (χ0) is 13.8. The fourth-order valence-corrected chi connectivity index (χ4v) is 3.72. The van der Waals surface area contributed by atoms with Crippen LogP contribution in [-0.4, -0.2) is 48.8 Å². The van der Waals surface area contributed by atoms with Gasteiger partial charge in [-0.15, -0.1) is 0 Å². The number of likely N-dealkylation sites (tertiary alicyclic amines) is 1. The normalized spacial score (nSPS) is 34.9. The van der Waals surface area contributed by atoms with E-state index < -0.39 is 0 Å². The Kier molecular flexibility index (Phi) is 5.67. The molecule has 2 saturated heterocycles. The van der Waals surface area contributed by atoms with Crippen LogP contribution in [0.25, 0.3) is 0 Å². The first-order valence-corrected chi connectivity index (χ1v) is 8.19. The van der Waals surface area contributed by atoms with Crippen molar-refractivity contribution in [1.82, 2.24) is 10.2 Å². The van der Waals surface area contributed by atoms with Gasteiger partial charge in [0.2, 0.25) is 0 Å². The van der Waals surface area contributed by atoms with Crippen LogP contribution in [0.1, 0.15) is 53.4 Å². The number of nitrogens with one attached hydrogen (secondary N) is 1. The molecule has 3 heteroatoms. The molecule has 0 aromatic heterocycles. The van der Waals surface area contributed by atoms with E-state index in [0.29, 0.717) is 24.3 Å². The molecule has 3 atom stereocenters. The van der Waals surface area contributed by atoms with Gasteiger partial charge >= 0.3 is 0 Å². The minimum atomic E-state index is 0.408. The van der Waals surface area contributed by atoms with Crippen LogP contribution >= 0.6 is 0 Å². The SMILES string of the molecule is CC1CC(NCC(C(C)C)N2CCCC2)CC(C)O1. The number of hydrogen-bond donors (Lipinski definition) is 1. The Morgan fingerprint density at radius 2 is 1.68 bits per heavy atom. The van der Waals surface area contributed by atoms with Crippen LogP contribution in [0.3, 0.4) is 0 Å². The van der Waals surface area contributed by atoms with Gasteiger partial charge in [-0.1, -0.05) is 13.8 Å². The third kappa shape index (κ3) is 4.44. The Balaban J connectivity index is 1.81. The van der Waals surface area contributed by atoms with Crippen LogP contribution in [0.15, 0.2) is 0 Å². The molecule has 2 aliphatic rings. The van der Waals surface area contributed by atoms with E-state index in [-0.39, 0.29) is 0 Å². The summed E-state index contributed by atoms with van der Waals surface area (Å²) >= 11 is 0. The second-order valence-electron chi connectivity index (χ2n) is 6.89. The molecule has 1 N–H and O–H groups in total. The number of nitrogens with zero attached hydrogens (tertiary/aromatic N) is 1. The molecular formula is C16H32N2O. The van der Waals surface area contributed by atoms with Crippen molar-refractivity contribution in [1.29, 1.82) is 0 Å². The lowest BCUT2D eigenvalue weighted by molar-refractivity contribution is -0.0429. The third-order valence-electron chi connectivity index (χ3n) is 4.69. The van der Waals surface area contributed by atoms with Crippen LogP contribution < -0.4 is 5.32 Å². The summed E-state index contributed by atoms with van der Waals surface area (Å²) in [6.07, 6.45) is 5.91. The highest BCUT2D eigenvalue weighted by Gasteiger charge is 2.28. The molecule has 19 heavy (non-hydrogen) atoms. The maximum absolute atomic E-state index is 5.82. The molecule has 3 nitrogen and oxygen atoms in total. The van der Waals surface area contributed by atoms with Crippen LogP contribution in [0.2, 0.25) is 0 Å². The average Bonchev–Trinajstić information content (AvgIpc) is 2.81. The van der Waals surface area contributed by atoms with Crippen molar-refractivity contribution in [2.24, 2.45) is 5.92 Å². The largest absolute Gasteiger partial charge is 0.375 e. The van der Waals surface area contributed by atoms with E-state index in [1.807, 2.05) is 0 Å². The maximum Gasteiger partial charge on any atom is 0.0565 e. The summed E-state index contributed by atoms with van der Waals surface area (Å²) in [5, 5.41) is 3.82. The summed E-state index contributed by atoms with van der Waals surface area (Å²) in [6.45, 7) is 12.9. The molecule has 2 fully saturated rings. The maximum atomic E-state index is 5.82. The van der Waals surface area contributed by atoms with E-state index in [9.17, 15) is 0 Å². The van der Waals surface area contributed by atoms with Gasteiger partial charge in [0.25, 0.3) is 0 Å². The van der Waals surface area contributed by atoms with E-state index in [1.54, 1.807) is 0 Å². The highest BCUT2D eigenvalue weighted by atomic mass is 16.5. The summed E-state index contributed by atoms with van der Waals surface area (Å²) < 4.78 is 5.82. The zero-order valence-electron chi connectivity index (χ0n) is 13.2. The Hall–Kier alpha value is -0.120. The molecule has 0 aromatic carbocycles. The Labute approximate surface area is 119 Å². The van der Waals surface area contributed by atoms with E-state index in [1.165, 1.54) is 25.9 Å². The van der Waals surface area contributed by atoms with Crippen molar-refractivity contribution in [3.63, 3.8) is 0 Å². The van der Waals surface area contributed by atoms with Gasteiger partial charge < -0.3 is 10.1 Å². The van der Waals surface area contributed by atoms with Crippen molar-refractivity contribution in [3.05, 3.63) is 0 Å². The van der Waals surface area contributed by atoms with E-state index >= 15 is 0 Å². The monoisotopic (exact) mass is 268 g/mol. The lowest BCUT2D eigenvalue weighted by atomic mass is 9.98. The molecule has 0 spiro atoms. The summed E-state index contributed by atoms with van der Waals surface area (Å²) in [6, 6.07) is 1.35. The van der Waals surface area contributed by atoms with Crippen molar-refractivity contribution in [2.75, 3.05) is 19.6 Å².